The molecule has 0 radical (unpaired) electrons. The van der Waals surface area contributed by atoms with Crippen LogP contribution in [0, 0.1) is 17.8 Å². The van der Waals surface area contributed by atoms with E-state index in [0.717, 1.165) is 17.7 Å². The molecular formula is C10H15BrO. The third kappa shape index (κ3) is 1.24. The van der Waals surface area contributed by atoms with Crippen molar-refractivity contribution in [3.05, 3.63) is 0 Å². The van der Waals surface area contributed by atoms with Crippen LogP contribution < -0.4 is 0 Å². The van der Waals surface area contributed by atoms with Gasteiger partial charge in [-0.15, -0.1) is 0 Å². The molecule has 0 saturated heterocycles. The Labute approximate surface area is 82.0 Å². The van der Waals surface area contributed by atoms with Gasteiger partial charge in [-0.05, 0) is 31.6 Å². The summed E-state index contributed by atoms with van der Waals surface area (Å²) in [6, 6.07) is 0. The van der Waals surface area contributed by atoms with E-state index in [1.54, 1.807) is 0 Å². The lowest BCUT2D eigenvalue weighted by Gasteiger charge is -2.38. The van der Waals surface area contributed by atoms with Crippen LogP contribution in [0.2, 0.25) is 0 Å². The summed E-state index contributed by atoms with van der Waals surface area (Å²) in [6.45, 7) is 0. The molecule has 1 unspecified atom stereocenters. The predicted molar refractivity (Wildman–Crippen MR) is 52.4 cm³/mol. The Morgan fingerprint density at radius 3 is 3.00 bits per heavy atom. The van der Waals surface area contributed by atoms with E-state index >= 15 is 0 Å². The normalized spacial score (nSPS) is 39.4. The summed E-state index contributed by atoms with van der Waals surface area (Å²) in [5.41, 5.74) is 0. The van der Waals surface area contributed by atoms with Crippen molar-refractivity contribution >= 4 is 21.7 Å². The highest BCUT2D eigenvalue weighted by atomic mass is 79.9. The van der Waals surface area contributed by atoms with E-state index < -0.39 is 0 Å². The zero-order chi connectivity index (χ0) is 8.55. The molecule has 0 spiro atoms. The second-order valence-corrected chi connectivity index (χ2v) is 4.83. The van der Waals surface area contributed by atoms with Crippen molar-refractivity contribution in [2.75, 3.05) is 5.33 Å². The molecule has 2 heteroatoms. The minimum absolute atomic E-state index is 0.454. The second-order valence-electron chi connectivity index (χ2n) is 4.04. The van der Waals surface area contributed by atoms with Crippen LogP contribution in [-0.4, -0.2) is 11.1 Å². The molecule has 3 atom stereocenters. The van der Waals surface area contributed by atoms with Gasteiger partial charge in [0.15, 0.2) is 0 Å². The fraction of sp³-hybridized carbons (Fsp3) is 0.900. The predicted octanol–water partition coefficient (Wildman–Crippen LogP) is 2.78. The number of fused-ring (bicyclic) bond motifs is 1. The fourth-order valence-corrected chi connectivity index (χ4v) is 3.17. The fourth-order valence-electron chi connectivity index (χ4n) is 2.84. The first-order chi connectivity index (χ1) is 5.84. The minimum Gasteiger partial charge on any atom is -0.299 e. The van der Waals surface area contributed by atoms with Gasteiger partial charge in [-0.2, -0.15) is 0 Å². The Balaban J connectivity index is 1.87. The number of hydrogen-bond donors (Lipinski definition) is 0. The molecule has 0 amide bonds. The summed E-state index contributed by atoms with van der Waals surface area (Å²) in [5, 5.41) is 1.05. The summed E-state index contributed by atoms with van der Waals surface area (Å²) >= 11 is 3.41. The number of Topliss-reactive ketones (excluding diaryl/α,β-unsaturated/α-hetero) is 1. The number of carbonyl (C=O) groups is 1. The Morgan fingerprint density at radius 1 is 1.42 bits per heavy atom. The molecule has 2 aliphatic carbocycles. The second kappa shape index (κ2) is 3.49. The standard InChI is InChI=1S/C10H15BrO/c11-6-2-5-9-7-3-1-4-8(7)10(9)12/h7-9H,1-6H2/t7-,8+,9?/m0/s1. The van der Waals surface area contributed by atoms with Crippen LogP contribution in [-0.2, 0) is 4.79 Å². The lowest BCUT2D eigenvalue weighted by molar-refractivity contribution is -0.141. The Morgan fingerprint density at radius 2 is 2.25 bits per heavy atom. The van der Waals surface area contributed by atoms with Crippen molar-refractivity contribution in [2.45, 2.75) is 32.1 Å². The van der Waals surface area contributed by atoms with E-state index in [0.29, 0.717) is 17.6 Å². The number of alkyl halides is 1. The summed E-state index contributed by atoms with van der Waals surface area (Å²) in [5.74, 6) is 2.32. The number of carbonyl (C=O) groups excluding carboxylic acids is 1. The quantitative estimate of drug-likeness (QED) is 0.682. The van der Waals surface area contributed by atoms with Crippen molar-refractivity contribution in [2.24, 2.45) is 17.8 Å². The van der Waals surface area contributed by atoms with Crippen molar-refractivity contribution < 1.29 is 4.79 Å². The Hall–Kier alpha value is 0.150. The van der Waals surface area contributed by atoms with Crippen LogP contribution in [0.15, 0.2) is 0 Å². The molecule has 0 aromatic rings. The number of rotatable bonds is 3. The molecule has 0 aliphatic heterocycles. The zero-order valence-electron chi connectivity index (χ0n) is 7.26. The first-order valence-electron chi connectivity index (χ1n) is 4.94. The van der Waals surface area contributed by atoms with Gasteiger partial charge in [0.25, 0.3) is 0 Å². The average molecular weight is 231 g/mol. The van der Waals surface area contributed by atoms with Gasteiger partial charge in [0, 0.05) is 17.2 Å². The van der Waals surface area contributed by atoms with E-state index in [9.17, 15) is 4.79 Å². The van der Waals surface area contributed by atoms with E-state index in [4.69, 9.17) is 0 Å². The number of ketones is 1. The van der Waals surface area contributed by atoms with Crippen LogP contribution in [0.3, 0.4) is 0 Å². The van der Waals surface area contributed by atoms with E-state index in [1.807, 2.05) is 0 Å². The van der Waals surface area contributed by atoms with Crippen LogP contribution in [0.25, 0.3) is 0 Å². The molecule has 0 N–H and O–H groups in total. The van der Waals surface area contributed by atoms with Gasteiger partial charge in [0.1, 0.15) is 5.78 Å². The SMILES string of the molecule is O=C1C(CCCBr)[C@H]2CCC[C@@H]12. The molecule has 2 aliphatic rings. The average Bonchev–Trinajstić information content (AvgIpc) is 2.49. The molecule has 0 aromatic heterocycles. The largest absolute Gasteiger partial charge is 0.299 e. The maximum absolute atomic E-state index is 11.5. The van der Waals surface area contributed by atoms with E-state index in [2.05, 4.69) is 15.9 Å². The molecule has 12 heavy (non-hydrogen) atoms. The number of halogens is 1. The maximum Gasteiger partial charge on any atom is 0.139 e. The van der Waals surface area contributed by atoms with Gasteiger partial charge in [0.05, 0.1) is 0 Å². The first-order valence-corrected chi connectivity index (χ1v) is 6.06. The van der Waals surface area contributed by atoms with Crippen LogP contribution in [0.4, 0.5) is 0 Å². The van der Waals surface area contributed by atoms with Crippen LogP contribution in [0.1, 0.15) is 32.1 Å². The minimum atomic E-state index is 0.454. The molecular weight excluding hydrogens is 216 g/mol. The topological polar surface area (TPSA) is 17.1 Å². The highest BCUT2D eigenvalue weighted by Gasteiger charge is 2.50. The highest BCUT2D eigenvalue weighted by Crippen LogP contribution is 2.49. The summed E-state index contributed by atoms with van der Waals surface area (Å²) in [6.07, 6.45) is 6.11. The smallest absolute Gasteiger partial charge is 0.139 e. The van der Waals surface area contributed by atoms with Crippen molar-refractivity contribution in [1.29, 1.82) is 0 Å². The van der Waals surface area contributed by atoms with E-state index in [1.165, 1.54) is 25.7 Å². The maximum atomic E-state index is 11.5. The van der Waals surface area contributed by atoms with Gasteiger partial charge in [0.2, 0.25) is 0 Å². The summed E-state index contributed by atoms with van der Waals surface area (Å²) in [4.78, 5) is 11.5. The first kappa shape index (κ1) is 8.74. The monoisotopic (exact) mass is 230 g/mol. The molecule has 1 nitrogen and oxygen atoms in total. The summed E-state index contributed by atoms with van der Waals surface area (Å²) < 4.78 is 0. The van der Waals surface area contributed by atoms with Gasteiger partial charge < -0.3 is 0 Å². The zero-order valence-corrected chi connectivity index (χ0v) is 8.85. The summed E-state index contributed by atoms with van der Waals surface area (Å²) in [7, 11) is 0. The molecule has 0 bridgehead atoms. The molecule has 0 aromatic carbocycles. The van der Waals surface area contributed by atoms with Crippen LogP contribution in [0.5, 0.6) is 0 Å². The Bertz CT molecular complexity index is 190. The van der Waals surface area contributed by atoms with Crippen LogP contribution >= 0.6 is 15.9 Å². The van der Waals surface area contributed by atoms with Gasteiger partial charge in [-0.1, -0.05) is 22.4 Å². The third-order valence-electron chi connectivity index (χ3n) is 3.47. The Kier molecular flexibility index (Phi) is 2.54. The van der Waals surface area contributed by atoms with Crippen molar-refractivity contribution in [3.8, 4) is 0 Å². The van der Waals surface area contributed by atoms with Crippen molar-refractivity contribution in [3.63, 3.8) is 0 Å². The molecule has 68 valence electrons. The molecule has 2 fully saturated rings. The van der Waals surface area contributed by atoms with E-state index in [-0.39, 0.29) is 0 Å². The molecule has 2 rings (SSSR count). The highest BCUT2D eigenvalue weighted by molar-refractivity contribution is 9.09. The van der Waals surface area contributed by atoms with Gasteiger partial charge in [-0.3, -0.25) is 4.79 Å². The lowest BCUT2D eigenvalue weighted by Crippen LogP contribution is -2.44. The third-order valence-corrected chi connectivity index (χ3v) is 4.03. The van der Waals surface area contributed by atoms with Crippen molar-refractivity contribution in [1.82, 2.24) is 0 Å². The number of hydrogen-bond acceptors (Lipinski definition) is 1. The van der Waals surface area contributed by atoms with Gasteiger partial charge in [-0.25, -0.2) is 0 Å². The van der Waals surface area contributed by atoms with Gasteiger partial charge >= 0.3 is 0 Å². The molecule has 2 saturated carbocycles. The lowest BCUT2D eigenvalue weighted by atomic mass is 9.64. The molecule has 0 heterocycles.